The molecule has 0 bridgehead atoms. The van der Waals surface area contributed by atoms with Crippen LogP contribution in [0.4, 0.5) is 8.78 Å². The summed E-state index contributed by atoms with van der Waals surface area (Å²) in [7, 11) is 0. The maximum absolute atomic E-state index is 13.5. The summed E-state index contributed by atoms with van der Waals surface area (Å²) >= 11 is 0. The molecule has 1 aromatic carbocycles. The summed E-state index contributed by atoms with van der Waals surface area (Å²) in [6.45, 7) is 10.1. The fourth-order valence-corrected chi connectivity index (χ4v) is 3.31. The van der Waals surface area contributed by atoms with Crippen LogP contribution in [0.3, 0.4) is 0 Å². The number of morpholine rings is 1. The number of amides is 1. The lowest BCUT2D eigenvalue weighted by Crippen LogP contribution is -2.62. The number of nitrogens with one attached hydrogen (secondary N) is 2. The molecule has 1 fully saturated rings. The second-order valence-electron chi connectivity index (χ2n) is 8.91. The van der Waals surface area contributed by atoms with Gasteiger partial charge in [0.25, 0.3) is 0 Å². The minimum absolute atomic E-state index is 0.00379. The number of hydrogen-bond donors (Lipinski definition) is 3. The zero-order valence-corrected chi connectivity index (χ0v) is 17.7. The smallest absolute Gasteiger partial charge is 0.217 e. The number of aliphatic hydroxyl groups excluding tert-OH is 1. The van der Waals surface area contributed by atoms with Gasteiger partial charge in [0.15, 0.2) is 6.29 Å². The topological polar surface area (TPSA) is 79.8 Å². The Bertz CT molecular complexity index is 675. The monoisotopic (exact) mass is 414 g/mol. The minimum atomic E-state index is -1.03. The van der Waals surface area contributed by atoms with Crippen LogP contribution in [0.2, 0.25) is 0 Å². The number of ether oxygens (including phenoxy) is 2. The molecule has 164 valence electrons. The Morgan fingerprint density at radius 1 is 1.34 bits per heavy atom. The van der Waals surface area contributed by atoms with Crippen LogP contribution in [-0.4, -0.2) is 54.7 Å². The highest BCUT2D eigenvalue weighted by molar-refractivity contribution is 5.73. The molecule has 5 atom stereocenters. The highest BCUT2D eigenvalue weighted by atomic mass is 19.1. The molecular formula is C21H32F2N2O4. The largest absolute Gasteiger partial charge is 0.389 e. The van der Waals surface area contributed by atoms with Gasteiger partial charge in [0.05, 0.1) is 37.4 Å². The number of hydrogen-bond acceptors (Lipinski definition) is 5. The lowest BCUT2D eigenvalue weighted by molar-refractivity contribution is -0.201. The fraction of sp³-hybridized carbons (Fsp3) is 0.667. The second-order valence-corrected chi connectivity index (χ2v) is 8.91. The standard InChI is InChI=1S/C21H32F2N2O4/c1-12-20(29-11-21(3,4)5)28-10-18(24-12)19(27)17(25-13(2)26)8-14-6-15(22)9-16(23)7-14/h6-7,9,12,17-20,24,27H,8,10-11H2,1-5H3,(H,25,26)/t12-,17-,18?,19-,20-/m0/s1. The molecule has 2 rings (SSSR count). The van der Waals surface area contributed by atoms with Crippen LogP contribution in [0.1, 0.15) is 40.2 Å². The molecule has 1 saturated heterocycles. The van der Waals surface area contributed by atoms with Crippen LogP contribution >= 0.6 is 0 Å². The first-order valence-corrected chi connectivity index (χ1v) is 9.84. The molecule has 1 aromatic rings. The van der Waals surface area contributed by atoms with E-state index < -0.39 is 36.1 Å². The van der Waals surface area contributed by atoms with E-state index >= 15 is 0 Å². The summed E-state index contributed by atoms with van der Waals surface area (Å²) in [5.74, 6) is -1.76. The molecule has 6 nitrogen and oxygen atoms in total. The molecule has 1 unspecified atom stereocenters. The van der Waals surface area contributed by atoms with Gasteiger partial charge in [-0.2, -0.15) is 0 Å². The third-order valence-corrected chi connectivity index (χ3v) is 4.60. The van der Waals surface area contributed by atoms with Crippen molar-refractivity contribution < 1.29 is 28.2 Å². The lowest BCUT2D eigenvalue weighted by Gasteiger charge is -2.40. The molecule has 0 spiro atoms. The van der Waals surface area contributed by atoms with Crippen molar-refractivity contribution in [2.24, 2.45) is 5.41 Å². The molecule has 0 radical (unpaired) electrons. The van der Waals surface area contributed by atoms with Crippen molar-refractivity contribution in [3.63, 3.8) is 0 Å². The Labute approximate surface area is 171 Å². The van der Waals surface area contributed by atoms with Crippen molar-refractivity contribution in [3.05, 3.63) is 35.4 Å². The number of aliphatic hydroxyl groups is 1. The summed E-state index contributed by atoms with van der Waals surface area (Å²) in [5, 5.41) is 16.8. The number of carbonyl (C=O) groups is 1. The van der Waals surface area contributed by atoms with Crippen molar-refractivity contribution in [1.82, 2.24) is 10.6 Å². The van der Waals surface area contributed by atoms with E-state index in [1.54, 1.807) is 0 Å². The van der Waals surface area contributed by atoms with Crippen molar-refractivity contribution in [2.45, 2.75) is 71.6 Å². The van der Waals surface area contributed by atoms with Gasteiger partial charge in [0, 0.05) is 13.0 Å². The average Bonchev–Trinajstić information content (AvgIpc) is 2.57. The van der Waals surface area contributed by atoms with Crippen LogP contribution < -0.4 is 10.6 Å². The van der Waals surface area contributed by atoms with E-state index in [1.165, 1.54) is 19.1 Å². The minimum Gasteiger partial charge on any atom is -0.389 e. The Hall–Kier alpha value is -1.61. The van der Waals surface area contributed by atoms with E-state index in [2.05, 4.69) is 31.4 Å². The molecule has 29 heavy (non-hydrogen) atoms. The van der Waals surface area contributed by atoms with Gasteiger partial charge in [-0.3, -0.25) is 4.79 Å². The first-order chi connectivity index (χ1) is 13.4. The predicted molar refractivity (Wildman–Crippen MR) is 105 cm³/mol. The number of carbonyl (C=O) groups excluding carboxylic acids is 1. The SMILES string of the molecule is CC(=O)N[C@@H](Cc1cc(F)cc(F)c1)[C@H](O)C1CO[C@@H](OCC(C)(C)C)[C@H](C)N1. The Kier molecular flexibility index (Phi) is 8.10. The van der Waals surface area contributed by atoms with Crippen LogP contribution in [0.5, 0.6) is 0 Å². The van der Waals surface area contributed by atoms with E-state index in [0.717, 1.165) is 6.07 Å². The number of benzene rings is 1. The summed E-state index contributed by atoms with van der Waals surface area (Å²) < 4.78 is 38.6. The second kappa shape index (κ2) is 9.93. The average molecular weight is 414 g/mol. The van der Waals surface area contributed by atoms with Gasteiger partial charge in [-0.15, -0.1) is 0 Å². The molecule has 8 heteroatoms. The zero-order chi connectivity index (χ0) is 21.8. The highest BCUT2D eigenvalue weighted by Gasteiger charge is 2.36. The van der Waals surface area contributed by atoms with Crippen LogP contribution in [0.15, 0.2) is 18.2 Å². The van der Waals surface area contributed by atoms with E-state index in [1.807, 2.05) is 6.92 Å². The van der Waals surface area contributed by atoms with Crippen LogP contribution in [0, 0.1) is 17.0 Å². The molecule has 3 N–H and O–H groups in total. The maximum Gasteiger partial charge on any atom is 0.217 e. The van der Waals surface area contributed by atoms with Crippen molar-refractivity contribution in [3.8, 4) is 0 Å². The first kappa shape index (κ1) is 23.7. The molecule has 1 amide bonds. The van der Waals surface area contributed by atoms with Crippen molar-refractivity contribution >= 4 is 5.91 Å². The van der Waals surface area contributed by atoms with Gasteiger partial charge in [-0.05, 0) is 36.5 Å². The fourth-order valence-electron chi connectivity index (χ4n) is 3.31. The first-order valence-electron chi connectivity index (χ1n) is 9.84. The van der Waals surface area contributed by atoms with E-state index in [-0.39, 0.29) is 30.4 Å². The number of rotatable bonds is 7. The molecule has 0 aromatic heterocycles. The van der Waals surface area contributed by atoms with Gasteiger partial charge >= 0.3 is 0 Å². The lowest BCUT2D eigenvalue weighted by atomic mass is 9.95. The zero-order valence-electron chi connectivity index (χ0n) is 17.7. The summed E-state index contributed by atoms with van der Waals surface area (Å²) in [6, 6.07) is 1.76. The Morgan fingerprint density at radius 2 is 1.97 bits per heavy atom. The molecule has 0 saturated carbocycles. The van der Waals surface area contributed by atoms with Crippen LogP contribution in [-0.2, 0) is 20.7 Å². The van der Waals surface area contributed by atoms with Crippen molar-refractivity contribution in [1.29, 1.82) is 0 Å². The van der Waals surface area contributed by atoms with Gasteiger partial charge in [0.1, 0.15) is 11.6 Å². The van der Waals surface area contributed by atoms with E-state index in [9.17, 15) is 18.7 Å². The van der Waals surface area contributed by atoms with Gasteiger partial charge in [-0.1, -0.05) is 20.8 Å². The van der Waals surface area contributed by atoms with E-state index in [0.29, 0.717) is 12.2 Å². The molecule has 0 aliphatic carbocycles. The number of halogens is 2. The molecular weight excluding hydrogens is 382 g/mol. The summed E-state index contributed by atoms with van der Waals surface area (Å²) in [6.07, 6.45) is -1.41. The van der Waals surface area contributed by atoms with Gasteiger partial charge in [-0.25, -0.2) is 8.78 Å². The van der Waals surface area contributed by atoms with Gasteiger partial charge < -0.3 is 25.2 Å². The normalized spacial score (nSPS) is 24.8. The van der Waals surface area contributed by atoms with Crippen LogP contribution in [0.25, 0.3) is 0 Å². The summed E-state index contributed by atoms with van der Waals surface area (Å²) in [5.41, 5.74) is 0.340. The predicted octanol–water partition coefficient (Wildman–Crippen LogP) is 2.14. The Morgan fingerprint density at radius 3 is 2.48 bits per heavy atom. The van der Waals surface area contributed by atoms with E-state index in [4.69, 9.17) is 9.47 Å². The summed E-state index contributed by atoms with van der Waals surface area (Å²) in [4.78, 5) is 11.6. The highest BCUT2D eigenvalue weighted by Crippen LogP contribution is 2.20. The third-order valence-electron chi connectivity index (χ3n) is 4.60. The molecule has 1 heterocycles. The van der Waals surface area contributed by atoms with Crippen molar-refractivity contribution in [2.75, 3.05) is 13.2 Å². The third kappa shape index (κ3) is 7.62. The maximum atomic E-state index is 13.5. The quantitative estimate of drug-likeness (QED) is 0.637. The molecule has 1 aliphatic rings. The van der Waals surface area contributed by atoms with Gasteiger partial charge in [0.2, 0.25) is 5.91 Å². The molecule has 1 aliphatic heterocycles. The Balaban J connectivity index is 2.03.